The van der Waals surface area contributed by atoms with Gasteiger partial charge in [0.25, 0.3) is 0 Å². The van der Waals surface area contributed by atoms with E-state index in [0.717, 1.165) is 11.0 Å². The third kappa shape index (κ3) is 2.04. The van der Waals surface area contributed by atoms with Crippen molar-refractivity contribution < 1.29 is 24.5 Å². The number of aliphatic hydroxyl groups is 3. The van der Waals surface area contributed by atoms with E-state index in [2.05, 4.69) is 9.97 Å². The van der Waals surface area contributed by atoms with Crippen LogP contribution in [0.3, 0.4) is 0 Å². The maximum atomic E-state index is 11.2. The molecule has 5 atom stereocenters. The second-order valence-corrected chi connectivity index (χ2v) is 8.29. The van der Waals surface area contributed by atoms with Gasteiger partial charge >= 0.3 is 0 Å². The molecular weight excluding hydrogens is 388 g/mol. The van der Waals surface area contributed by atoms with Gasteiger partial charge in [-0.2, -0.15) is 0 Å². The maximum Gasteiger partial charge on any atom is 0.165 e. The Morgan fingerprint density at radius 2 is 2.07 bits per heavy atom. The highest BCUT2D eigenvalue weighted by Crippen LogP contribution is 2.64. The Bertz CT molecular complexity index is 1280. The summed E-state index contributed by atoms with van der Waals surface area (Å²) in [6, 6.07) is 9.56. The van der Waals surface area contributed by atoms with E-state index in [4.69, 9.17) is 14.9 Å². The van der Waals surface area contributed by atoms with E-state index in [1.807, 2.05) is 30.3 Å². The van der Waals surface area contributed by atoms with Gasteiger partial charge in [-0.3, -0.25) is 0 Å². The molecule has 30 heavy (non-hydrogen) atoms. The Hall–Kier alpha value is -2.98. The van der Waals surface area contributed by atoms with Crippen LogP contribution in [0.5, 0.6) is 0 Å². The number of hydrogen-bond acceptors (Lipinski definition) is 8. The van der Waals surface area contributed by atoms with Gasteiger partial charge in [0.1, 0.15) is 40.3 Å². The van der Waals surface area contributed by atoms with Crippen LogP contribution in [-0.2, 0) is 4.74 Å². The van der Waals surface area contributed by atoms with Crippen molar-refractivity contribution in [1.82, 2.24) is 14.5 Å². The quantitative estimate of drug-likeness (QED) is 0.399. The second-order valence-electron chi connectivity index (χ2n) is 8.29. The standard InChI is InChI=1S/C21H20N4O5/c1-20(28)15-16(27)21(15,8-26)30-19(20)25-7-11(14-17(22)23-9-24-18(14)25)13-6-10-4-2-3-5-12(10)29-13/h2-7,9,15-16,19,26-28H,8H2,1H3,(H2,22,23,24)/t15?,16-,19-,20?,21-/m1/s1. The number of furan rings is 1. The summed E-state index contributed by atoms with van der Waals surface area (Å²) < 4.78 is 13.7. The first-order valence-electron chi connectivity index (χ1n) is 9.67. The molecule has 0 radical (unpaired) electrons. The first-order valence-corrected chi connectivity index (χ1v) is 9.67. The van der Waals surface area contributed by atoms with E-state index in [1.54, 1.807) is 17.7 Å². The van der Waals surface area contributed by atoms with Crippen molar-refractivity contribution >= 4 is 27.8 Å². The number of anilines is 1. The first kappa shape index (κ1) is 17.8. The summed E-state index contributed by atoms with van der Waals surface area (Å²) in [7, 11) is 0. The van der Waals surface area contributed by atoms with Crippen LogP contribution in [-0.4, -0.2) is 53.8 Å². The Morgan fingerprint density at radius 3 is 2.80 bits per heavy atom. The van der Waals surface area contributed by atoms with Crippen LogP contribution in [0.4, 0.5) is 5.82 Å². The number of ether oxygens (including phenoxy) is 1. The molecule has 1 saturated carbocycles. The van der Waals surface area contributed by atoms with Gasteiger partial charge in [0.2, 0.25) is 0 Å². The molecule has 1 aliphatic carbocycles. The second kappa shape index (κ2) is 5.58. The fourth-order valence-corrected chi connectivity index (χ4v) is 4.99. The molecule has 6 rings (SSSR count). The van der Waals surface area contributed by atoms with E-state index >= 15 is 0 Å². The predicted molar refractivity (Wildman–Crippen MR) is 107 cm³/mol. The average molecular weight is 408 g/mol. The largest absolute Gasteiger partial charge is 0.456 e. The summed E-state index contributed by atoms with van der Waals surface area (Å²) in [6.45, 7) is 1.20. The molecule has 9 nitrogen and oxygen atoms in total. The topological polar surface area (TPSA) is 140 Å². The Morgan fingerprint density at radius 1 is 1.27 bits per heavy atom. The predicted octanol–water partition coefficient (Wildman–Crippen LogP) is 1.43. The van der Waals surface area contributed by atoms with Crippen molar-refractivity contribution in [3.05, 3.63) is 42.9 Å². The summed E-state index contributed by atoms with van der Waals surface area (Å²) in [4.78, 5) is 8.49. The van der Waals surface area contributed by atoms with E-state index in [0.29, 0.717) is 22.4 Å². The molecule has 4 aromatic rings. The Balaban J connectivity index is 1.56. The maximum absolute atomic E-state index is 11.2. The Kier molecular flexibility index (Phi) is 3.32. The highest BCUT2D eigenvalue weighted by atomic mass is 16.6. The van der Waals surface area contributed by atoms with Crippen molar-refractivity contribution in [2.24, 2.45) is 5.92 Å². The van der Waals surface area contributed by atoms with Crippen molar-refractivity contribution in [3.8, 4) is 11.3 Å². The third-order valence-corrected chi connectivity index (χ3v) is 6.52. The van der Waals surface area contributed by atoms with Crippen molar-refractivity contribution in [3.63, 3.8) is 0 Å². The number of nitrogens with two attached hydrogens (primary N) is 1. The number of hydrogen-bond donors (Lipinski definition) is 4. The van der Waals surface area contributed by atoms with Crippen LogP contribution >= 0.6 is 0 Å². The molecule has 0 spiro atoms. The van der Waals surface area contributed by atoms with E-state index in [1.165, 1.54) is 6.33 Å². The summed E-state index contributed by atoms with van der Waals surface area (Å²) in [5, 5.41) is 32.7. The van der Waals surface area contributed by atoms with Gasteiger partial charge in [-0.05, 0) is 19.1 Å². The molecule has 1 aliphatic heterocycles. The van der Waals surface area contributed by atoms with E-state index in [-0.39, 0.29) is 5.82 Å². The monoisotopic (exact) mass is 408 g/mol. The highest BCUT2D eigenvalue weighted by Gasteiger charge is 2.80. The van der Waals surface area contributed by atoms with Crippen LogP contribution in [0.25, 0.3) is 33.3 Å². The zero-order chi connectivity index (χ0) is 20.8. The fraction of sp³-hybridized carbons (Fsp3) is 0.333. The highest BCUT2D eigenvalue weighted by molar-refractivity contribution is 6.01. The summed E-state index contributed by atoms with van der Waals surface area (Å²) in [5.74, 6) is 0.251. The lowest BCUT2D eigenvalue weighted by Crippen LogP contribution is -2.38. The molecule has 0 amide bonds. The molecule has 1 aromatic carbocycles. The lowest BCUT2D eigenvalue weighted by molar-refractivity contribution is -0.148. The SMILES string of the molecule is CC1(O)C2[C@@H](O)[C@]2(CO)O[C@H]1n1cc(-c2cc3ccccc3o2)c2c(N)ncnc21. The number of aromatic nitrogens is 3. The Labute approximate surface area is 170 Å². The van der Waals surface area contributed by atoms with Crippen LogP contribution in [0, 0.1) is 5.92 Å². The minimum Gasteiger partial charge on any atom is -0.456 e. The molecule has 2 aliphatic rings. The van der Waals surface area contributed by atoms with Gasteiger partial charge in [0.05, 0.1) is 24.0 Å². The van der Waals surface area contributed by atoms with Gasteiger partial charge in [-0.25, -0.2) is 9.97 Å². The molecule has 3 aromatic heterocycles. The zero-order valence-corrected chi connectivity index (χ0v) is 16.1. The number of fused-ring (bicyclic) bond motifs is 3. The number of nitrogen functional groups attached to an aromatic ring is 1. The fourth-order valence-electron chi connectivity index (χ4n) is 4.99. The summed E-state index contributed by atoms with van der Waals surface area (Å²) in [6.07, 6.45) is 1.30. The van der Waals surface area contributed by atoms with Gasteiger partial charge in [0.15, 0.2) is 6.23 Å². The van der Waals surface area contributed by atoms with Crippen LogP contribution < -0.4 is 5.73 Å². The van der Waals surface area contributed by atoms with Gasteiger partial charge in [-0.1, -0.05) is 18.2 Å². The first-order chi connectivity index (χ1) is 14.4. The minimum absolute atomic E-state index is 0.272. The van der Waals surface area contributed by atoms with Crippen molar-refractivity contribution in [2.75, 3.05) is 12.3 Å². The lowest BCUT2D eigenvalue weighted by Gasteiger charge is -2.30. The van der Waals surface area contributed by atoms with Crippen LogP contribution in [0.15, 0.2) is 47.3 Å². The van der Waals surface area contributed by atoms with Crippen LogP contribution in [0.1, 0.15) is 13.2 Å². The summed E-state index contributed by atoms with van der Waals surface area (Å²) >= 11 is 0. The number of nitrogens with zero attached hydrogens (tertiary/aromatic N) is 3. The molecule has 2 fully saturated rings. The van der Waals surface area contributed by atoms with Crippen molar-refractivity contribution in [1.29, 1.82) is 0 Å². The van der Waals surface area contributed by atoms with Crippen molar-refractivity contribution in [2.45, 2.75) is 30.5 Å². The molecule has 5 N–H and O–H groups in total. The molecule has 2 unspecified atom stereocenters. The minimum atomic E-state index is -1.43. The normalized spacial score (nSPS) is 32.7. The average Bonchev–Trinajstić information content (AvgIpc) is 3.08. The number of benzene rings is 1. The van der Waals surface area contributed by atoms with Gasteiger partial charge in [-0.15, -0.1) is 0 Å². The van der Waals surface area contributed by atoms with Gasteiger partial charge in [0, 0.05) is 17.1 Å². The smallest absolute Gasteiger partial charge is 0.165 e. The molecule has 9 heteroatoms. The van der Waals surface area contributed by atoms with Crippen LogP contribution in [0.2, 0.25) is 0 Å². The zero-order valence-electron chi connectivity index (χ0n) is 16.1. The molecular formula is C21H20N4O5. The van der Waals surface area contributed by atoms with Gasteiger partial charge < -0.3 is 34.8 Å². The van der Waals surface area contributed by atoms with E-state index < -0.39 is 36.1 Å². The lowest BCUT2D eigenvalue weighted by atomic mass is 9.98. The van der Waals surface area contributed by atoms with E-state index in [9.17, 15) is 15.3 Å². The number of para-hydroxylation sites is 1. The number of rotatable bonds is 3. The molecule has 4 heterocycles. The molecule has 0 bridgehead atoms. The molecule has 1 saturated heterocycles. The molecule has 154 valence electrons. The number of aliphatic hydroxyl groups excluding tert-OH is 2. The third-order valence-electron chi connectivity index (χ3n) is 6.52. The summed E-state index contributed by atoms with van der Waals surface area (Å²) in [5.41, 5.74) is 5.44.